The fraction of sp³-hybridized carbons (Fsp3) is 0.250. The number of pyridine rings is 1. The highest BCUT2D eigenvalue weighted by molar-refractivity contribution is 5.99. The topological polar surface area (TPSA) is 89.3 Å². The number of nitrogens with zero attached hydrogens (tertiary/aromatic N) is 4. The van der Waals surface area contributed by atoms with E-state index in [1.807, 2.05) is 10.8 Å². The number of rotatable bonds is 4. The number of hydrogen-bond acceptors (Lipinski definition) is 4. The van der Waals surface area contributed by atoms with Crippen LogP contribution >= 0.6 is 0 Å². The van der Waals surface area contributed by atoms with E-state index in [1.165, 1.54) is 0 Å². The lowest BCUT2D eigenvalue weighted by atomic mass is 10.2. The molecule has 2 aromatic heterocycles. The summed E-state index contributed by atoms with van der Waals surface area (Å²) in [6.07, 6.45) is 7.04. The average molecular weight is 245 g/mol. The minimum atomic E-state index is 0.0363. The minimum Gasteiger partial charge on any atom is -0.409 e. The Hall–Kier alpha value is -2.37. The number of hydrogen-bond donors (Lipinski definition) is 2. The predicted molar refractivity (Wildman–Crippen MR) is 67.9 cm³/mol. The molecule has 0 atom stereocenters. The van der Waals surface area contributed by atoms with E-state index >= 15 is 0 Å². The van der Waals surface area contributed by atoms with Crippen molar-refractivity contribution in [2.75, 3.05) is 0 Å². The van der Waals surface area contributed by atoms with Crippen molar-refractivity contribution in [2.45, 2.75) is 19.8 Å². The fourth-order valence-electron chi connectivity index (χ4n) is 1.78. The summed E-state index contributed by atoms with van der Waals surface area (Å²) < 4.78 is 1.86. The van der Waals surface area contributed by atoms with Crippen molar-refractivity contribution in [3.8, 4) is 5.82 Å². The summed E-state index contributed by atoms with van der Waals surface area (Å²) in [4.78, 5) is 8.57. The van der Waals surface area contributed by atoms with Gasteiger partial charge in [0, 0.05) is 25.0 Å². The molecule has 0 aromatic carbocycles. The average Bonchev–Trinajstić information content (AvgIpc) is 2.86. The van der Waals surface area contributed by atoms with Gasteiger partial charge in [-0.25, -0.2) is 9.97 Å². The van der Waals surface area contributed by atoms with Gasteiger partial charge in [-0.2, -0.15) is 0 Å². The molecule has 0 aliphatic rings. The molecule has 0 unspecified atom stereocenters. The summed E-state index contributed by atoms with van der Waals surface area (Å²) in [6, 6.07) is 3.50. The highest BCUT2D eigenvalue weighted by atomic mass is 16.4. The number of aryl methyl sites for hydroxylation is 1. The van der Waals surface area contributed by atoms with Gasteiger partial charge in [0.25, 0.3) is 0 Å². The summed E-state index contributed by atoms with van der Waals surface area (Å²) >= 11 is 0. The maximum absolute atomic E-state index is 8.79. The number of imidazole rings is 1. The molecule has 0 aliphatic carbocycles. The Bertz CT molecular complexity index is 561. The monoisotopic (exact) mass is 245 g/mol. The molecule has 0 spiro atoms. The van der Waals surface area contributed by atoms with E-state index in [1.54, 1.807) is 24.5 Å². The summed E-state index contributed by atoms with van der Waals surface area (Å²) in [7, 11) is 0. The molecule has 0 amide bonds. The van der Waals surface area contributed by atoms with Crippen molar-refractivity contribution in [1.29, 1.82) is 0 Å². The van der Waals surface area contributed by atoms with Gasteiger partial charge in [-0.3, -0.25) is 4.57 Å². The van der Waals surface area contributed by atoms with Crippen LogP contribution in [0.3, 0.4) is 0 Å². The van der Waals surface area contributed by atoms with Crippen LogP contribution in [0.15, 0.2) is 35.9 Å². The van der Waals surface area contributed by atoms with Crippen LogP contribution in [0, 0.1) is 0 Å². The lowest BCUT2D eigenvalue weighted by Crippen LogP contribution is -2.17. The second-order valence-corrected chi connectivity index (χ2v) is 3.82. The molecule has 6 nitrogen and oxygen atoms in total. The van der Waals surface area contributed by atoms with Crippen LogP contribution in [0.5, 0.6) is 0 Å². The van der Waals surface area contributed by atoms with E-state index in [0.717, 1.165) is 18.7 Å². The molecule has 0 radical (unpaired) electrons. The zero-order valence-electron chi connectivity index (χ0n) is 10.1. The summed E-state index contributed by atoms with van der Waals surface area (Å²) in [5, 5.41) is 11.8. The Kier molecular flexibility index (Phi) is 3.57. The van der Waals surface area contributed by atoms with Gasteiger partial charge in [0.15, 0.2) is 5.84 Å². The predicted octanol–water partition coefficient (Wildman–Crippen LogP) is 1.31. The Morgan fingerprint density at radius 2 is 2.28 bits per heavy atom. The van der Waals surface area contributed by atoms with E-state index in [2.05, 4.69) is 22.0 Å². The first kappa shape index (κ1) is 12.1. The van der Waals surface area contributed by atoms with Crippen molar-refractivity contribution in [3.05, 3.63) is 42.1 Å². The molecule has 3 N–H and O–H groups in total. The molecule has 0 saturated heterocycles. The van der Waals surface area contributed by atoms with Crippen LogP contribution in [0.2, 0.25) is 0 Å². The van der Waals surface area contributed by atoms with Crippen LogP contribution in [0.4, 0.5) is 0 Å². The largest absolute Gasteiger partial charge is 0.409 e. The third-order valence-electron chi connectivity index (χ3n) is 2.59. The van der Waals surface area contributed by atoms with Crippen molar-refractivity contribution in [1.82, 2.24) is 14.5 Å². The quantitative estimate of drug-likeness (QED) is 0.368. The number of aromatic nitrogens is 3. The third kappa shape index (κ3) is 2.17. The molecule has 6 heteroatoms. The minimum absolute atomic E-state index is 0.0363. The van der Waals surface area contributed by atoms with E-state index in [0.29, 0.717) is 11.4 Å². The van der Waals surface area contributed by atoms with Gasteiger partial charge < -0.3 is 10.9 Å². The van der Waals surface area contributed by atoms with Gasteiger partial charge >= 0.3 is 0 Å². The van der Waals surface area contributed by atoms with Crippen molar-refractivity contribution >= 4 is 5.84 Å². The standard InChI is InChI=1S/C12H15N5O/c1-2-4-10-14-7-8-17(10)12-9(11(13)16-18)5-3-6-15-12/h3,5-8,18H,2,4H2,1H3,(H2,13,16). The van der Waals surface area contributed by atoms with E-state index in [-0.39, 0.29) is 5.84 Å². The second kappa shape index (κ2) is 5.31. The molecular weight excluding hydrogens is 230 g/mol. The first-order valence-corrected chi connectivity index (χ1v) is 5.73. The normalized spacial score (nSPS) is 11.7. The van der Waals surface area contributed by atoms with Crippen LogP contribution in [-0.2, 0) is 6.42 Å². The SMILES string of the molecule is CCCc1nccn1-c1ncccc1C(N)=NO. The number of oxime groups is 1. The van der Waals surface area contributed by atoms with Crippen LogP contribution in [0.25, 0.3) is 5.82 Å². The summed E-state index contributed by atoms with van der Waals surface area (Å²) in [5.41, 5.74) is 6.23. The van der Waals surface area contributed by atoms with Gasteiger partial charge in [-0.1, -0.05) is 12.1 Å². The van der Waals surface area contributed by atoms with Crippen LogP contribution < -0.4 is 5.73 Å². The third-order valence-corrected chi connectivity index (χ3v) is 2.59. The Morgan fingerprint density at radius 1 is 1.44 bits per heavy atom. The number of amidine groups is 1. The Balaban J connectivity index is 2.53. The second-order valence-electron chi connectivity index (χ2n) is 3.82. The Labute approximate surface area is 105 Å². The smallest absolute Gasteiger partial charge is 0.173 e. The first-order chi connectivity index (χ1) is 8.77. The molecule has 2 heterocycles. The van der Waals surface area contributed by atoms with Crippen LogP contribution in [0.1, 0.15) is 24.7 Å². The molecule has 2 aromatic rings. The van der Waals surface area contributed by atoms with Gasteiger partial charge in [-0.05, 0) is 18.6 Å². The Morgan fingerprint density at radius 3 is 3.00 bits per heavy atom. The molecule has 0 saturated carbocycles. The van der Waals surface area contributed by atoms with Crippen molar-refractivity contribution in [2.24, 2.45) is 10.9 Å². The lowest BCUT2D eigenvalue weighted by molar-refractivity contribution is 0.318. The molecule has 18 heavy (non-hydrogen) atoms. The van der Waals surface area contributed by atoms with Crippen LogP contribution in [-0.4, -0.2) is 25.6 Å². The molecule has 0 bridgehead atoms. The highest BCUT2D eigenvalue weighted by Crippen LogP contribution is 2.14. The van der Waals surface area contributed by atoms with Gasteiger partial charge in [0.2, 0.25) is 0 Å². The lowest BCUT2D eigenvalue weighted by Gasteiger charge is -2.10. The summed E-state index contributed by atoms with van der Waals surface area (Å²) in [6.45, 7) is 2.09. The zero-order chi connectivity index (χ0) is 13.0. The van der Waals surface area contributed by atoms with E-state index in [4.69, 9.17) is 10.9 Å². The highest BCUT2D eigenvalue weighted by Gasteiger charge is 2.12. The molecule has 0 aliphatic heterocycles. The van der Waals surface area contributed by atoms with Gasteiger partial charge in [0.05, 0.1) is 5.56 Å². The number of nitrogens with two attached hydrogens (primary N) is 1. The first-order valence-electron chi connectivity index (χ1n) is 5.73. The molecule has 2 rings (SSSR count). The van der Waals surface area contributed by atoms with Crippen molar-refractivity contribution in [3.63, 3.8) is 0 Å². The molecule has 0 fully saturated rings. The fourth-order valence-corrected chi connectivity index (χ4v) is 1.78. The molecular formula is C12H15N5O. The summed E-state index contributed by atoms with van der Waals surface area (Å²) in [5.74, 6) is 1.56. The van der Waals surface area contributed by atoms with E-state index in [9.17, 15) is 0 Å². The zero-order valence-corrected chi connectivity index (χ0v) is 10.1. The maximum atomic E-state index is 8.79. The maximum Gasteiger partial charge on any atom is 0.173 e. The molecule has 94 valence electrons. The van der Waals surface area contributed by atoms with Gasteiger partial charge in [0.1, 0.15) is 11.6 Å². The van der Waals surface area contributed by atoms with Crippen molar-refractivity contribution < 1.29 is 5.21 Å². The van der Waals surface area contributed by atoms with E-state index < -0.39 is 0 Å². The van der Waals surface area contributed by atoms with Gasteiger partial charge in [-0.15, -0.1) is 0 Å².